The van der Waals surface area contributed by atoms with E-state index < -0.39 is 15.9 Å². The second-order valence-corrected chi connectivity index (χ2v) is 9.32. The van der Waals surface area contributed by atoms with E-state index in [0.29, 0.717) is 32.0 Å². The SMILES string of the molecule is O=C(CN1c2ccc(Cl)cc2-c2ccccc2S1(=O)=O)Nc1ccccc1Br. The molecule has 1 aliphatic heterocycles. The van der Waals surface area contributed by atoms with E-state index in [-0.39, 0.29) is 11.4 Å². The van der Waals surface area contributed by atoms with Gasteiger partial charge in [0.2, 0.25) is 5.91 Å². The highest BCUT2D eigenvalue weighted by Gasteiger charge is 2.36. The Hall–Kier alpha value is -2.35. The summed E-state index contributed by atoms with van der Waals surface area (Å²) < 4.78 is 28.2. The van der Waals surface area contributed by atoms with Gasteiger partial charge in [0.15, 0.2) is 0 Å². The topological polar surface area (TPSA) is 66.5 Å². The summed E-state index contributed by atoms with van der Waals surface area (Å²) in [7, 11) is -3.89. The molecule has 0 spiro atoms. The van der Waals surface area contributed by atoms with Crippen LogP contribution in [0.1, 0.15) is 0 Å². The molecular weight excluding hydrogens is 464 g/mol. The van der Waals surface area contributed by atoms with Crippen LogP contribution in [0, 0.1) is 0 Å². The fourth-order valence-electron chi connectivity index (χ4n) is 3.16. The van der Waals surface area contributed by atoms with Crippen LogP contribution in [0.5, 0.6) is 0 Å². The third-order valence-electron chi connectivity index (χ3n) is 4.41. The fraction of sp³-hybridized carbons (Fsp3) is 0.0500. The minimum absolute atomic E-state index is 0.151. The second-order valence-electron chi connectivity index (χ2n) is 6.20. The molecule has 142 valence electrons. The molecule has 0 radical (unpaired) electrons. The second kappa shape index (κ2) is 7.24. The van der Waals surface area contributed by atoms with Crippen molar-refractivity contribution in [2.24, 2.45) is 0 Å². The monoisotopic (exact) mass is 476 g/mol. The maximum absolute atomic E-state index is 13.2. The lowest BCUT2D eigenvalue weighted by molar-refractivity contribution is -0.114. The molecule has 0 saturated heterocycles. The molecule has 28 heavy (non-hydrogen) atoms. The molecule has 4 rings (SSSR count). The Bertz CT molecular complexity index is 1200. The number of hydrogen-bond donors (Lipinski definition) is 1. The number of nitrogens with one attached hydrogen (secondary N) is 1. The molecule has 0 bridgehead atoms. The molecule has 8 heteroatoms. The van der Waals surface area contributed by atoms with Crippen molar-refractivity contribution in [1.29, 1.82) is 0 Å². The molecule has 1 amide bonds. The number of carbonyl (C=O) groups is 1. The number of hydrogen-bond acceptors (Lipinski definition) is 3. The van der Waals surface area contributed by atoms with Crippen molar-refractivity contribution in [3.63, 3.8) is 0 Å². The first-order valence-electron chi connectivity index (χ1n) is 8.34. The molecule has 0 atom stereocenters. The van der Waals surface area contributed by atoms with Gasteiger partial charge in [0.05, 0.1) is 16.3 Å². The zero-order valence-electron chi connectivity index (χ0n) is 14.4. The van der Waals surface area contributed by atoms with Gasteiger partial charge in [0.1, 0.15) is 6.54 Å². The van der Waals surface area contributed by atoms with Crippen molar-refractivity contribution in [2.45, 2.75) is 4.90 Å². The van der Waals surface area contributed by atoms with Crippen LogP contribution in [0.3, 0.4) is 0 Å². The molecular formula is C20H14BrClN2O3S. The van der Waals surface area contributed by atoms with Crippen molar-refractivity contribution in [2.75, 3.05) is 16.2 Å². The Labute approximate surface area is 176 Å². The molecule has 0 fully saturated rings. The number of carbonyl (C=O) groups excluding carboxylic acids is 1. The van der Waals surface area contributed by atoms with Crippen LogP contribution in [0.4, 0.5) is 11.4 Å². The van der Waals surface area contributed by atoms with Crippen LogP contribution >= 0.6 is 27.5 Å². The van der Waals surface area contributed by atoms with E-state index in [4.69, 9.17) is 11.6 Å². The number of benzene rings is 3. The van der Waals surface area contributed by atoms with Crippen LogP contribution in [0.15, 0.2) is 76.1 Å². The predicted octanol–water partition coefficient (Wildman–Crippen LogP) is 4.92. The number of fused-ring (bicyclic) bond motifs is 3. The van der Waals surface area contributed by atoms with Crippen LogP contribution in [-0.2, 0) is 14.8 Å². The first-order valence-corrected chi connectivity index (χ1v) is 10.9. The third-order valence-corrected chi connectivity index (χ3v) is 7.15. The summed E-state index contributed by atoms with van der Waals surface area (Å²) in [6.07, 6.45) is 0. The summed E-state index contributed by atoms with van der Waals surface area (Å²) in [6, 6.07) is 18.8. The zero-order chi connectivity index (χ0) is 19.9. The Balaban J connectivity index is 1.75. The lowest BCUT2D eigenvalue weighted by Gasteiger charge is -2.31. The maximum Gasteiger partial charge on any atom is 0.265 e. The first kappa shape index (κ1) is 19.0. The van der Waals surface area contributed by atoms with Crippen molar-refractivity contribution >= 4 is 54.8 Å². The van der Waals surface area contributed by atoms with Crippen molar-refractivity contribution < 1.29 is 13.2 Å². The Morgan fingerprint density at radius 3 is 2.50 bits per heavy atom. The molecule has 3 aromatic carbocycles. The number of amides is 1. The van der Waals surface area contributed by atoms with Gasteiger partial charge in [-0.15, -0.1) is 0 Å². The predicted molar refractivity (Wildman–Crippen MR) is 114 cm³/mol. The van der Waals surface area contributed by atoms with E-state index in [1.165, 1.54) is 6.07 Å². The fourth-order valence-corrected chi connectivity index (χ4v) is 5.36. The quantitative estimate of drug-likeness (QED) is 0.582. The average molecular weight is 478 g/mol. The molecule has 0 aromatic heterocycles. The van der Waals surface area contributed by atoms with Crippen molar-refractivity contribution in [3.05, 3.63) is 76.2 Å². The minimum Gasteiger partial charge on any atom is -0.323 e. The van der Waals surface area contributed by atoms with Gasteiger partial charge in [-0.2, -0.15) is 0 Å². The van der Waals surface area contributed by atoms with E-state index >= 15 is 0 Å². The zero-order valence-corrected chi connectivity index (χ0v) is 17.6. The minimum atomic E-state index is -3.89. The van der Waals surface area contributed by atoms with Crippen molar-refractivity contribution in [1.82, 2.24) is 0 Å². The summed E-state index contributed by atoms with van der Waals surface area (Å²) in [6.45, 7) is -0.355. The van der Waals surface area contributed by atoms with Gasteiger partial charge in [0.25, 0.3) is 10.0 Å². The van der Waals surface area contributed by atoms with Gasteiger partial charge in [-0.25, -0.2) is 8.42 Å². The summed E-state index contributed by atoms with van der Waals surface area (Å²) in [4.78, 5) is 12.8. The molecule has 1 N–H and O–H groups in total. The number of rotatable bonds is 3. The number of nitrogens with zero attached hydrogens (tertiary/aromatic N) is 1. The average Bonchev–Trinajstić information content (AvgIpc) is 2.67. The van der Waals surface area contributed by atoms with Gasteiger partial charge in [-0.3, -0.25) is 9.10 Å². The van der Waals surface area contributed by atoms with Crippen molar-refractivity contribution in [3.8, 4) is 11.1 Å². The lowest BCUT2D eigenvalue weighted by Crippen LogP contribution is -2.40. The molecule has 0 unspecified atom stereocenters. The summed E-state index contributed by atoms with van der Waals surface area (Å²) in [5.74, 6) is -0.448. The summed E-state index contributed by atoms with van der Waals surface area (Å²) in [5.41, 5.74) is 2.23. The Morgan fingerprint density at radius 1 is 1.00 bits per heavy atom. The van der Waals surface area contributed by atoms with E-state index in [0.717, 1.165) is 4.31 Å². The maximum atomic E-state index is 13.2. The molecule has 1 heterocycles. The molecule has 5 nitrogen and oxygen atoms in total. The summed E-state index contributed by atoms with van der Waals surface area (Å²) in [5, 5.41) is 3.23. The van der Waals surface area contributed by atoms with Crippen LogP contribution in [-0.4, -0.2) is 20.9 Å². The molecule has 3 aromatic rings. The van der Waals surface area contributed by atoms with Gasteiger partial charge in [-0.05, 0) is 52.3 Å². The number of halogens is 2. The normalized spacial score (nSPS) is 14.1. The van der Waals surface area contributed by atoms with Gasteiger partial charge >= 0.3 is 0 Å². The standard InChI is InChI=1S/C20H14BrClN2O3S/c21-16-6-2-3-7-17(16)23-20(25)12-24-18-10-9-13(22)11-15(18)14-5-1-4-8-19(14)28(24,26)27/h1-11H,12H2,(H,23,25). The van der Waals surface area contributed by atoms with Gasteiger partial charge < -0.3 is 5.32 Å². The largest absolute Gasteiger partial charge is 0.323 e. The molecule has 1 aliphatic rings. The Morgan fingerprint density at radius 2 is 1.71 bits per heavy atom. The van der Waals surface area contributed by atoms with E-state index in [1.807, 2.05) is 6.07 Å². The molecule has 0 aliphatic carbocycles. The van der Waals surface area contributed by atoms with Crippen LogP contribution in [0.2, 0.25) is 5.02 Å². The molecule has 0 saturated carbocycles. The lowest BCUT2D eigenvalue weighted by atomic mass is 10.0. The highest BCUT2D eigenvalue weighted by molar-refractivity contribution is 9.10. The number of sulfonamides is 1. The number of para-hydroxylation sites is 1. The van der Waals surface area contributed by atoms with E-state index in [9.17, 15) is 13.2 Å². The highest BCUT2D eigenvalue weighted by Crippen LogP contribution is 2.43. The van der Waals surface area contributed by atoms with Gasteiger partial charge in [-0.1, -0.05) is 41.9 Å². The van der Waals surface area contributed by atoms with E-state index in [2.05, 4.69) is 21.2 Å². The van der Waals surface area contributed by atoms with Crippen LogP contribution in [0.25, 0.3) is 11.1 Å². The third kappa shape index (κ3) is 3.30. The highest BCUT2D eigenvalue weighted by atomic mass is 79.9. The smallest absolute Gasteiger partial charge is 0.265 e. The number of anilines is 2. The van der Waals surface area contributed by atoms with Gasteiger partial charge in [0, 0.05) is 20.6 Å². The Kier molecular flexibility index (Phi) is 4.91. The summed E-state index contributed by atoms with van der Waals surface area (Å²) >= 11 is 9.51. The van der Waals surface area contributed by atoms with E-state index in [1.54, 1.807) is 54.6 Å². The first-order chi connectivity index (χ1) is 13.4. The van der Waals surface area contributed by atoms with Crippen LogP contribution < -0.4 is 9.62 Å².